The van der Waals surface area contributed by atoms with Gasteiger partial charge in [-0.3, -0.25) is 4.98 Å². The molecule has 1 aromatic heterocycles. The van der Waals surface area contributed by atoms with Gasteiger partial charge in [0.15, 0.2) is 0 Å². The lowest BCUT2D eigenvalue weighted by molar-refractivity contribution is 0.0000933. The van der Waals surface area contributed by atoms with E-state index in [1.54, 1.807) is 6.20 Å². The predicted molar refractivity (Wildman–Crippen MR) is 60.3 cm³/mol. The lowest BCUT2D eigenvalue weighted by Crippen LogP contribution is -2.29. The maximum atomic E-state index is 10.0. The van der Waals surface area contributed by atoms with Gasteiger partial charge in [0.05, 0.1) is 5.52 Å². The number of benzene rings is 1. The van der Waals surface area contributed by atoms with Crippen molar-refractivity contribution in [1.82, 2.24) is 4.98 Å². The molecule has 0 spiro atoms. The summed E-state index contributed by atoms with van der Waals surface area (Å²) in [7, 11) is 0. The molecule has 4 nitrogen and oxygen atoms in total. The molecule has 0 saturated carbocycles. The quantitative estimate of drug-likeness (QED) is 0.663. The van der Waals surface area contributed by atoms with Crippen molar-refractivity contribution in [3.8, 4) is 0 Å². The van der Waals surface area contributed by atoms with Crippen LogP contribution in [0.25, 0.3) is 10.9 Å². The van der Waals surface area contributed by atoms with Crippen molar-refractivity contribution in [2.75, 3.05) is 0 Å². The summed E-state index contributed by atoms with van der Waals surface area (Å²) in [6.45, 7) is 0. The second kappa shape index (κ2) is 3.04. The van der Waals surface area contributed by atoms with Crippen molar-refractivity contribution >= 4 is 10.9 Å². The molecule has 4 rings (SSSR count). The first-order chi connectivity index (χ1) is 8.27. The Hall–Kier alpha value is -1.49. The minimum Gasteiger partial charge on any atom is -0.387 e. The van der Waals surface area contributed by atoms with Crippen molar-refractivity contribution in [2.45, 2.75) is 24.4 Å². The highest BCUT2D eigenvalue weighted by molar-refractivity contribution is 5.84. The summed E-state index contributed by atoms with van der Waals surface area (Å²) in [6.07, 6.45) is -0.349. The van der Waals surface area contributed by atoms with E-state index in [1.165, 1.54) is 0 Å². The Morgan fingerprint density at radius 2 is 2.06 bits per heavy atom. The molecular formula is C13H11NO3. The van der Waals surface area contributed by atoms with Crippen molar-refractivity contribution in [3.63, 3.8) is 0 Å². The van der Waals surface area contributed by atoms with Crippen LogP contribution in [0.2, 0.25) is 0 Å². The maximum absolute atomic E-state index is 10.0. The minimum atomic E-state index is -0.875. The van der Waals surface area contributed by atoms with Crippen LogP contribution >= 0.6 is 0 Å². The number of fused-ring (bicyclic) bond motifs is 5. The Bertz CT molecular complexity index is 613. The highest BCUT2D eigenvalue weighted by Crippen LogP contribution is 2.52. The molecule has 2 N–H and O–H groups in total. The highest BCUT2D eigenvalue weighted by atomic mass is 16.6. The number of hydrogen-bond acceptors (Lipinski definition) is 4. The van der Waals surface area contributed by atoms with Crippen molar-refractivity contribution in [3.05, 3.63) is 41.6 Å². The third-order valence-electron chi connectivity index (χ3n) is 3.64. The number of aliphatic hydroxyl groups excluding tert-OH is 2. The molecular weight excluding hydrogens is 218 g/mol. The molecule has 17 heavy (non-hydrogen) atoms. The number of pyridine rings is 1. The van der Waals surface area contributed by atoms with Crippen LogP contribution in [0.5, 0.6) is 0 Å². The second-order valence-corrected chi connectivity index (χ2v) is 4.60. The largest absolute Gasteiger partial charge is 0.387 e. The summed E-state index contributed by atoms with van der Waals surface area (Å²) in [4.78, 5) is 4.36. The van der Waals surface area contributed by atoms with E-state index in [4.69, 9.17) is 4.74 Å². The second-order valence-electron chi connectivity index (χ2n) is 4.60. The molecule has 2 aromatic rings. The van der Waals surface area contributed by atoms with Crippen molar-refractivity contribution < 1.29 is 14.9 Å². The van der Waals surface area contributed by atoms with Crippen LogP contribution in [0.1, 0.15) is 23.3 Å². The molecule has 1 saturated heterocycles. The molecule has 0 bridgehead atoms. The van der Waals surface area contributed by atoms with E-state index in [1.807, 2.05) is 24.3 Å². The maximum Gasteiger partial charge on any atom is 0.118 e. The molecule has 4 atom stereocenters. The molecule has 4 heteroatoms. The normalized spacial score (nSPS) is 34.2. The predicted octanol–water partition coefficient (Wildman–Crippen LogP) is 1.08. The summed E-state index contributed by atoms with van der Waals surface area (Å²) in [6, 6.07) is 7.64. The zero-order valence-electron chi connectivity index (χ0n) is 8.95. The average molecular weight is 229 g/mol. The van der Waals surface area contributed by atoms with Crippen LogP contribution in [0.3, 0.4) is 0 Å². The van der Waals surface area contributed by atoms with E-state index in [9.17, 15) is 10.2 Å². The molecule has 0 unspecified atom stereocenters. The molecule has 1 aliphatic carbocycles. The Balaban J connectivity index is 2.05. The van der Waals surface area contributed by atoms with Crippen LogP contribution in [0.15, 0.2) is 30.5 Å². The number of epoxide rings is 1. The third kappa shape index (κ3) is 1.15. The zero-order valence-corrected chi connectivity index (χ0v) is 8.95. The number of hydrogen-bond donors (Lipinski definition) is 2. The fraction of sp³-hybridized carbons (Fsp3) is 0.308. The van der Waals surface area contributed by atoms with E-state index in [0.29, 0.717) is 0 Å². The molecule has 1 fully saturated rings. The summed E-state index contributed by atoms with van der Waals surface area (Å²) < 4.78 is 5.45. The van der Waals surface area contributed by atoms with E-state index < -0.39 is 12.2 Å². The molecule has 1 aromatic carbocycles. The van der Waals surface area contributed by atoms with Crippen LogP contribution in [-0.4, -0.2) is 27.4 Å². The number of aliphatic hydroxyl groups is 2. The summed E-state index contributed by atoms with van der Waals surface area (Å²) >= 11 is 0. The van der Waals surface area contributed by atoms with Crippen LogP contribution < -0.4 is 0 Å². The van der Waals surface area contributed by atoms with Crippen molar-refractivity contribution in [2.24, 2.45) is 0 Å². The monoisotopic (exact) mass is 229 g/mol. The lowest BCUT2D eigenvalue weighted by atomic mass is 9.86. The summed E-state index contributed by atoms with van der Waals surface area (Å²) in [5.74, 6) is 0. The number of aromatic nitrogens is 1. The Labute approximate surface area is 97.5 Å². The van der Waals surface area contributed by atoms with Gasteiger partial charge in [0.2, 0.25) is 0 Å². The first-order valence-electron chi connectivity index (χ1n) is 5.66. The van der Waals surface area contributed by atoms with Crippen LogP contribution in [-0.2, 0) is 4.74 Å². The molecule has 1 aliphatic heterocycles. The number of nitrogens with zero attached hydrogens (tertiary/aromatic N) is 1. The zero-order chi connectivity index (χ0) is 11.6. The highest BCUT2D eigenvalue weighted by Gasteiger charge is 2.54. The third-order valence-corrected chi connectivity index (χ3v) is 3.64. The fourth-order valence-corrected chi connectivity index (χ4v) is 2.72. The smallest absolute Gasteiger partial charge is 0.118 e. The summed E-state index contributed by atoms with van der Waals surface area (Å²) in [5, 5.41) is 20.9. The van der Waals surface area contributed by atoms with Gasteiger partial charge in [0, 0.05) is 17.1 Å². The van der Waals surface area contributed by atoms with E-state index >= 15 is 0 Å². The first-order valence-corrected chi connectivity index (χ1v) is 5.66. The van der Waals surface area contributed by atoms with Gasteiger partial charge in [-0.15, -0.1) is 0 Å². The van der Waals surface area contributed by atoms with Gasteiger partial charge in [-0.05, 0) is 11.6 Å². The Morgan fingerprint density at radius 1 is 1.18 bits per heavy atom. The molecule has 86 valence electrons. The van der Waals surface area contributed by atoms with Gasteiger partial charge in [-0.1, -0.05) is 18.2 Å². The number of rotatable bonds is 0. The topological polar surface area (TPSA) is 65.9 Å². The average Bonchev–Trinajstić information content (AvgIpc) is 3.15. The van der Waals surface area contributed by atoms with E-state index in [2.05, 4.69) is 4.98 Å². The SMILES string of the molecule is O[C@@H]1[C@@H]2O[C@@H]2c2c(ccc3cccnc23)[C@H]1O. The fourth-order valence-electron chi connectivity index (χ4n) is 2.72. The van der Waals surface area contributed by atoms with Gasteiger partial charge in [0.1, 0.15) is 24.4 Å². The minimum absolute atomic E-state index is 0.109. The van der Waals surface area contributed by atoms with E-state index in [0.717, 1.165) is 22.0 Å². The summed E-state index contributed by atoms with van der Waals surface area (Å²) in [5.41, 5.74) is 2.54. The van der Waals surface area contributed by atoms with Crippen LogP contribution in [0, 0.1) is 0 Å². The van der Waals surface area contributed by atoms with E-state index in [-0.39, 0.29) is 12.2 Å². The van der Waals surface area contributed by atoms with Gasteiger partial charge in [-0.25, -0.2) is 0 Å². The van der Waals surface area contributed by atoms with Gasteiger partial charge < -0.3 is 14.9 Å². The Kier molecular flexibility index (Phi) is 1.71. The standard InChI is InChI=1S/C13H11NO3/c15-10-7-4-3-6-2-1-5-14-9(6)8(7)12-13(17-12)11(10)16/h1-5,10-13,15-16H/t10-,11+,12-,13+/m1/s1. The lowest BCUT2D eigenvalue weighted by Gasteiger charge is -2.23. The van der Waals surface area contributed by atoms with Gasteiger partial charge in [0.25, 0.3) is 0 Å². The molecule has 2 aliphatic rings. The van der Waals surface area contributed by atoms with Gasteiger partial charge >= 0.3 is 0 Å². The van der Waals surface area contributed by atoms with Crippen LogP contribution in [0.4, 0.5) is 0 Å². The molecule has 0 radical (unpaired) electrons. The Morgan fingerprint density at radius 3 is 2.94 bits per heavy atom. The van der Waals surface area contributed by atoms with Crippen molar-refractivity contribution in [1.29, 1.82) is 0 Å². The molecule has 0 amide bonds. The van der Waals surface area contributed by atoms with Gasteiger partial charge in [-0.2, -0.15) is 0 Å². The number of ether oxygens (including phenoxy) is 1. The molecule has 2 heterocycles. The first kappa shape index (κ1) is 9.53.